The fourth-order valence-corrected chi connectivity index (χ4v) is 5.04. The summed E-state index contributed by atoms with van der Waals surface area (Å²) >= 11 is 1.55. The highest BCUT2D eigenvalue weighted by Gasteiger charge is 2.57. The smallest absolute Gasteiger partial charge is 0.318 e. The predicted molar refractivity (Wildman–Crippen MR) is 121 cm³/mol. The molecule has 1 saturated heterocycles. The number of carboxylic acids is 1. The largest absolute Gasteiger partial charge is 0.481 e. The summed E-state index contributed by atoms with van der Waals surface area (Å²) in [5.41, 5.74) is 2.28. The molecule has 2 aliphatic rings. The standard InChI is InChI=1S/C21H26N6O3S/c1-3-23-19(30)26-21(17-12-22-9-7-20(17,2)18(28)29)25-8-4-10-27(21)14-5-6-16-15(11-14)24-13-31-16/h4-6,8,10-11,13,17,22H,3,7,9,12H2,1-2H3,(H,28,29)(H2,23,26,30). The third-order valence-electron chi connectivity index (χ3n) is 6.10. The number of carboxylic acid groups (broad SMARTS) is 1. The van der Waals surface area contributed by atoms with E-state index in [9.17, 15) is 14.7 Å². The number of nitrogens with zero attached hydrogens (tertiary/aromatic N) is 3. The van der Waals surface area contributed by atoms with Gasteiger partial charge in [0.25, 0.3) is 0 Å². The molecule has 2 aliphatic heterocycles. The Morgan fingerprint density at radius 2 is 2.26 bits per heavy atom. The Labute approximate surface area is 184 Å². The number of allylic oxidation sites excluding steroid dienone is 1. The van der Waals surface area contributed by atoms with Gasteiger partial charge in [0.1, 0.15) is 0 Å². The molecule has 1 aromatic heterocycles. The molecular weight excluding hydrogens is 416 g/mol. The summed E-state index contributed by atoms with van der Waals surface area (Å²) in [4.78, 5) is 36.2. The number of piperidine rings is 1. The number of carbonyl (C=O) groups excluding carboxylic acids is 1. The summed E-state index contributed by atoms with van der Waals surface area (Å²) in [6, 6.07) is 5.43. The molecule has 1 aromatic carbocycles. The molecule has 2 amide bonds. The molecule has 164 valence electrons. The topological polar surface area (TPSA) is 119 Å². The number of thiazole rings is 1. The lowest BCUT2D eigenvalue weighted by atomic mass is 9.68. The molecule has 0 aliphatic carbocycles. The quantitative estimate of drug-likeness (QED) is 0.565. The summed E-state index contributed by atoms with van der Waals surface area (Å²) in [7, 11) is 0. The van der Waals surface area contributed by atoms with Crippen molar-refractivity contribution in [1.82, 2.24) is 20.9 Å². The van der Waals surface area contributed by atoms with Crippen molar-refractivity contribution in [3.63, 3.8) is 0 Å². The highest BCUT2D eigenvalue weighted by Crippen LogP contribution is 2.45. The Bertz CT molecular complexity index is 1050. The minimum atomic E-state index is -1.34. The van der Waals surface area contributed by atoms with Crippen molar-refractivity contribution in [2.45, 2.75) is 26.1 Å². The number of urea groups is 1. The molecule has 2 aromatic rings. The van der Waals surface area contributed by atoms with E-state index in [-0.39, 0.29) is 0 Å². The molecular formula is C21H26N6O3S. The van der Waals surface area contributed by atoms with Gasteiger partial charge >= 0.3 is 12.0 Å². The van der Waals surface area contributed by atoms with Gasteiger partial charge in [0.15, 0.2) is 0 Å². The second kappa shape index (κ2) is 8.27. The van der Waals surface area contributed by atoms with E-state index in [4.69, 9.17) is 4.99 Å². The van der Waals surface area contributed by atoms with E-state index in [1.807, 2.05) is 36.2 Å². The average molecular weight is 443 g/mol. The molecule has 0 spiro atoms. The van der Waals surface area contributed by atoms with E-state index in [0.717, 1.165) is 15.9 Å². The third kappa shape index (κ3) is 3.66. The number of benzene rings is 1. The summed E-state index contributed by atoms with van der Waals surface area (Å²) in [5.74, 6) is -2.80. The zero-order valence-corrected chi connectivity index (χ0v) is 18.3. The van der Waals surface area contributed by atoms with Crippen LogP contribution in [0, 0.1) is 11.3 Å². The summed E-state index contributed by atoms with van der Waals surface area (Å²) < 4.78 is 1.05. The summed E-state index contributed by atoms with van der Waals surface area (Å²) in [6.45, 7) is 4.97. The Balaban J connectivity index is 1.86. The number of carbonyl (C=O) groups is 2. The molecule has 10 heteroatoms. The van der Waals surface area contributed by atoms with Crippen LogP contribution < -0.4 is 20.9 Å². The fourth-order valence-electron chi connectivity index (χ4n) is 4.38. The van der Waals surface area contributed by atoms with Gasteiger partial charge in [-0.15, -0.1) is 11.3 Å². The lowest BCUT2D eigenvalue weighted by molar-refractivity contribution is -0.155. The van der Waals surface area contributed by atoms with Gasteiger partial charge in [-0.1, -0.05) is 0 Å². The number of aliphatic imine (C=N–C) groups is 1. The number of hydrogen-bond donors (Lipinski definition) is 4. The highest BCUT2D eigenvalue weighted by molar-refractivity contribution is 7.16. The van der Waals surface area contributed by atoms with Crippen LogP contribution in [0.25, 0.3) is 10.2 Å². The van der Waals surface area contributed by atoms with Crippen molar-refractivity contribution in [3.05, 3.63) is 36.0 Å². The predicted octanol–water partition coefficient (Wildman–Crippen LogP) is 2.37. The summed E-state index contributed by atoms with van der Waals surface area (Å²) in [6.07, 6.45) is 5.63. The van der Waals surface area contributed by atoms with E-state index in [1.165, 1.54) is 0 Å². The van der Waals surface area contributed by atoms with Crippen LogP contribution in [-0.4, -0.2) is 53.7 Å². The Morgan fingerprint density at radius 3 is 3.03 bits per heavy atom. The normalized spacial score (nSPS) is 27.9. The molecule has 4 rings (SSSR count). The first-order valence-corrected chi connectivity index (χ1v) is 11.1. The van der Waals surface area contributed by atoms with Crippen LogP contribution >= 0.6 is 11.3 Å². The summed E-state index contributed by atoms with van der Waals surface area (Å²) in [5, 5.41) is 19.2. The molecule has 3 heterocycles. The van der Waals surface area contributed by atoms with Crippen molar-refractivity contribution in [3.8, 4) is 0 Å². The van der Waals surface area contributed by atoms with Gasteiger partial charge in [0.05, 0.1) is 27.1 Å². The highest BCUT2D eigenvalue weighted by atomic mass is 32.1. The maximum absolute atomic E-state index is 12.8. The Kier molecular flexibility index (Phi) is 5.67. The van der Waals surface area contributed by atoms with Crippen LogP contribution in [0.3, 0.4) is 0 Å². The van der Waals surface area contributed by atoms with E-state index >= 15 is 0 Å². The second-order valence-corrected chi connectivity index (χ2v) is 8.82. The SMILES string of the molecule is CCNC(=O)NC1(C2CNCCC2(C)C(=O)O)N=CC=CN1c1ccc2scnc2c1. The minimum absolute atomic E-state index is 0.385. The van der Waals surface area contributed by atoms with E-state index in [0.29, 0.717) is 26.1 Å². The first kappa shape index (κ1) is 21.3. The molecule has 0 saturated carbocycles. The van der Waals surface area contributed by atoms with E-state index in [2.05, 4.69) is 20.9 Å². The van der Waals surface area contributed by atoms with Crippen LogP contribution in [0.5, 0.6) is 0 Å². The molecule has 9 nitrogen and oxygen atoms in total. The van der Waals surface area contributed by atoms with Crippen LogP contribution in [0.4, 0.5) is 10.5 Å². The zero-order chi connectivity index (χ0) is 22.1. The number of hydrogen-bond acceptors (Lipinski definition) is 7. The number of rotatable bonds is 5. The number of aromatic nitrogens is 1. The van der Waals surface area contributed by atoms with Crippen LogP contribution in [0.1, 0.15) is 20.3 Å². The van der Waals surface area contributed by atoms with Gasteiger partial charge in [0.2, 0.25) is 5.79 Å². The van der Waals surface area contributed by atoms with Crippen LogP contribution in [0.15, 0.2) is 41.0 Å². The molecule has 0 radical (unpaired) electrons. The number of nitrogens with one attached hydrogen (secondary N) is 3. The molecule has 4 N–H and O–H groups in total. The minimum Gasteiger partial charge on any atom is -0.481 e. The van der Waals surface area contributed by atoms with E-state index in [1.54, 1.807) is 36.1 Å². The van der Waals surface area contributed by atoms with Crippen molar-refractivity contribution < 1.29 is 14.7 Å². The maximum atomic E-state index is 12.8. The van der Waals surface area contributed by atoms with Crippen LogP contribution in [-0.2, 0) is 4.79 Å². The Morgan fingerprint density at radius 1 is 1.42 bits per heavy atom. The molecule has 1 fully saturated rings. The lowest BCUT2D eigenvalue weighted by Crippen LogP contribution is -2.71. The zero-order valence-electron chi connectivity index (χ0n) is 17.5. The van der Waals surface area contributed by atoms with Crippen LogP contribution in [0.2, 0.25) is 0 Å². The maximum Gasteiger partial charge on any atom is 0.318 e. The number of aliphatic carboxylic acids is 1. The third-order valence-corrected chi connectivity index (χ3v) is 6.91. The molecule has 3 atom stereocenters. The van der Waals surface area contributed by atoms with Crippen molar-refractivity contribution >= 4 is 45.5 Å². The van der Waals surface area contributed by atoms with Crippen molar-refractivity contribution in [1.29, 1.82) is 0 Å². The molecule has 0 bridgehead atoms. The number of amides is 2. The first-order chi connectivity index (χ1) is 14.9. The lowest BCUT2D eigenvalue weighted by Gasteiger charge is -2.52. The second-order valence-electron chi connectivity index (χ2n) is 7.93. The van der Waals surface area contributed by atoms with Gasteiger partial charge in [-0.3, -0.25) is 10.1 Å². The van der Waals surface area contributed by atoms with Crippen molar-refractivity contribution in [2.24, 2.45) is 16.3 Å². The van der Waals surface area contributed by atoms with E-state index < -0.39 is 29.1 Å². The van der Waals surface area contributed by atoms with Gasteiger partial charge in [-0.2, -0.15) is 0 Å². The molecule has 31 heavy (non-hydrogen) atoms. The first-order valence-electron chi connectivity index (χ1n) is 10.3. The number of fused-ring (bicyclic) bond motifs is 1. The Hall–Kier alpha value is -2.98. The van der Waals surface area contributed by atoms with Crippen molar-refractivity contribution in [2.75, 3.05) is 24.5 Å². The average Bonchev–Trinajstić information content (AvgIpc) is 3.22. The van der Waals surface area contributed by atoms with Gasteiger partial charge in [-0.25, -0.2) is 14.8 Å². The fraction of sp³-hybridized carbons (Fsp3) is 0.429. The van der Waals surface area contributed by atoms with Gasteiger partial charge in [0, 0.05) is 31.2 Å². The van der Waals surface area contributed by atoms with Gasteiger partial charge < -0.3 is 20.6 Å². The number of anilines is 1. The van der Waals surface area contributed by atoms with Gasteiger partial charge in [-0.05, 0) is 51.1 Å². The molecule has 3 unspecified atom stereocenters. The monoisotopic (exact) mass is 442 g/mol.